The van der Waals surface area contributed by atoms with Gasteiger partial charge >= 0.3 is 0 Å². The first-order chi connectivity index (χ1) is 13.2. The fourth-order valence-electron chi connectivity index (χ4n) is 3.28. The quantitative estimate of drug-likeness (QED) is 0.262. The largest absolute Gasteiger partial charge is 0.399 e. The summed E-state index contributed by atoms with van der Waals surface area (Å²) in [5.74, 6) is 0.255. The lowest BCUT2D eigenvalue weighted by Gasteiger charge is -2.07. The van der Waals surface area contributed by atoms with Crippen LogP contribution in [0.2, 0.25) is 0 Å². The highest BCUT2D eigenvalue weighted by Crippen LogP contribution is 2.18. The number of Topliss-reactive ketones (excluding diaryl/α,β-unsaturated/α-hetero) is 1. The molecule has 3 nitrogen and oxygen atoms in total. The number of hydrogen-bond acceptors (Lipinski definition) is 3. The van der Waals surface area contributed by atoms with Crippen LogP contribution in [-0.2, 0) is 0 Å². The number of rotatable bonds is 10. The third kappa shape index (κ3) is 5.85. The molecule has 0 atom stereocenters. The van der Waals surface area contributed by atoms with Gasteiger partial charge in [0.15, 0.2) is 5.78 Å². The SMILES string of the molecule is Nc1ccc(NCCCCCCCC(=O)c2ccc3ccccc3c2)cc1. The molecular formula is C24H28N2O. The molecule has 0 aromatic heterocycles. The van der Waals surface area contributed by atoms with E-state index in [0.29, 0.717) is 6.42 Å². The molecule has 140 valence electrons. The first-order valence-corrected chi connectivity index (χ1v) is 9.84. The van der Waals surface area contributed by atoms with Crippen LogP contribution in [0.1, 0.15) is 48.9 Å². The Kier molecular flexibility index (Phi) is 6.86. The Bertz CT molecular complexity index is 871. The summed E-state index contributed by atoms with van der Waals surface area (Å²) < 4.78 is 0. The van der Waals surface area contributed by atoms with Gasteiger partial charge in [-0.2, -0.15) is 0 Å². The number of carbonyl (C=O) groups is 1. The molecule has 0 saturated carbocycles. The van der Waals surface area contributed by atoms with E-state index in [-0.39, 0.29) is 5.78 Å². The second-order valence-electron chi connectivity index (χ2n) is 7.05. The second-order valence-corrected chi connectivity index (χ2v) is 7.05. The summed E-state index contributed by atoms with van der Waals surface area (Å²) in [5, 5.41) is 5.73. The van der Waals surface area contributed by atoms with Crippen LogP contribution >= 0.6 is 0 Å². The van der Waals surface area contributed by atoms with Crippen molar-refractivity contribution in [1.29, 1.82) is 0 Å². The number of ketones is 1. The Hall–Kier alpha value is -2.81. The van der Waals surface area contributed by atoms with E-state index in [1.165, 1.54) is 18.2 Å². The molecule has 0 saturated heterocycles. The van der Waals surface area contributed by atoms with Gasteiger partial charge in [0.2, 0.25) is 0 Å². The molecule has 3 N–H and O–H groups in total. The molecule has 0 unspecified atom stereocenters. The zero-order chi connectivity index (χ0) is 18.9. The van der Waals surface area contributed by atoms with Gasteiger partial charge in [-0.3, -0.25) is 4.79 Å². The van der Waals surface area contributed by atoms with Gasteiger partial charge in [-0.15, -0.1) is 0 Å². The number of hydrogen-bond donors (Lipinski definition) is 2. The zero-order valence-corrected chi connectivity index (χ0v) is 15.8. The predicted octanol–water partition coefficient (Wildman–Crippen LogP) is 6.06. The van der Waals surface area contributed by atoms with Crippen molar-refractivity contribution in [3.8, 4) is 0 Å². The minimum absolute atomic E-state index is 0.255. The third-order valence-corrected chi connectivity index (χ3v) is 4.89. The molecule has 27 heavy (non-hydrogen) atoms. The van der Waals surface area contributed by atoms with Crippen LogP contribution in [0.5, 0.6) is 0 Å². The van der Waals surface area contributed by atoms with Gasteiger partial charge < -0.3 is 11.1 Å². The second kappa shape index (κ2) is 9.77. The van der Waals surface area contributed by atoms with Crippen LogP contribution in [0.3, 0.4) is 0 Å². The van der Waals surface area contributed by atoms with Crippen molar-refractivity contribution in [3.05, 3.63) is 72.3 Å². The number of nitrogens with one attached hydrogen (secondary N) is 1. The van der Waals surface area contributed by atoms with E-state index in [0.717, 1.165) is 48.1 Å². The summed E-state index contributed by atoms with van der Waals surface area (Å²) >= 11 is 0. The number of fused-ring (bicyclic) bond motifs is 1. The molecule has 0 bridgehead atoms. The van der Waals surface area contributed by atoms with Crippen LogP contribution in [-0.4, -0.2) is 12.3 Å². The van der Waals surface area contributed by atoms with Gasteiger partial charge in [0.1, 0.15) is 0 Å². The number of carbonyl (C=O) groups excluding carboxylic acids is 1. The standard InChI is InChI=1S/C24H28N2O/c25-22-13-15-23(16-14-22)26-17-7-3-1-2-4-10-24(27)21-12-11-19-8-5-6-9-20(19)18-21/h5-6,8-9,11-16,18,26H,1-4,7,10,17,25H2. The molecule has 3 aromatic rings. The van der Waals surface area contributed by atoms with E-state index in [1.807, 2.05) is 54.6 Å². The molecule has 3 heteroatoms. The molecule has 0 radical (unpaired) electrons. The van der Waals surface area contributed by atoms with E-state index in [4.69, 9.17) is 5.73 Å². The van der Waals surface area contributed by atoms with E-state index in [1.54, 1.807) is 0 Å². The van der Waals surface area contributed by atoms with Crippen molar-refractivity contribution in [2.24, 2.45) is 0 Å². The van der Waals surface area contributed by atoms with Crippen molar-refractivity contribution in [1.82, 2.24) is 0 Å². The molecule has 0 aliphatic carbocycles. The molecule has 0 fully saturated rings. The molecule has 0 spiro atoms. The van der Waals surface area contributed by atoms with Crippen LogP contribution < -0.4 is 11.1 Å². The average Bonchev–Trinajstić information content (AvgIpc) is 2.70. The smallest absolute Gasteiger partial charge is 0.162 e. The Balaban J connectivity index is 1.29. The third-order valence-electron chi connectivity index (χ3n) is 4.89. The maximum Gasteiger partial charge on any atom is 0.162 e. The first kappa shape index (κ1) is 19.0. The van der Waals surface area contributed by atoms with Crippen molar-refractivity contribution >= 4 is 27.9 Å². The van der Waals surface area contributed by atoms with Crippen LogP contribution in [0.15, 0.2) is 66.7 Å². The topological polar surface area (TPSA) is 55.1 Å². The number of unbranched alkanes of at least 4 members (excludes halogenated alkanes) is 4. The average molecular weight is 361 g/mol. The predicted molar refractivity (Wildman–Crippen MR) is 115 cm³/mol. The number of nitrogens with two attached hydrogens (primary N) is 1. The molecule has 0 heterocycles. The van der Waals surface area contributed by atoms with E-state index in [2.05, 4.69) is 17.4 Å². The van der Waals surface area contributed by atoms with Gasteiger partial charge in [-0.25, -0.2) is 0 Å². The highest BCUT2D eigenvalue weighted by atomic mass is 16.1. The van der Waals surface area contributed by atoms with Crippen LogP contribution in [0.4, 0.5) is 11.4 Å². The Labute approximate surface area is 161 Å². The molecular weight excluding hydrogens is 332 g/mol. The lowest BCUT2D eigenvalue weighted by Crippen LogP contribution is -2.01. The molecule has 3 aromatic carbocycles. The monoisotopic (exact) mass is 360 g/mol. The summed E-state index contributed by atoms with van der Waals surface area (Å²) in [6.07, 6.45) is 6.23. The summed E-state index contributed by atoms with van der Waals surface area (Å²) in [6.45, 7) is 0.972. The number of benzene rings is 3. The van der Waals surface area contributed by atoms with Crippen LogP contribution in [0.25, 0.3) is 10.8 Å². The van der Waals surface area contributed by atoms with Gasteiger partial charge in [0.05, 0.1) is 0 Å². The minimum atomic E-state index is 0.255. The Morgan fingerprint density at radius 1 is 0.778 bits per heavy atom. The van der Waals surface area contributed by atoms with Crippen molar-refractivity contribution in [2.75, 3.05) is 17.6 Å². The van der Waals surface area contributed by atoms with Crippen molar-refractivity contribution in [2.45, 2.75) is 38.5 Å². The van der Waals surface area contributed by atoms with E-state index in [9.17, 15) is 4.79 Å². The summed E-state index contributed by atoms with van der Waals surface area (Å²) in [5.41, 5.74) is 8.42. The first-order valence-electron chi connectivity index (χ1n) is 9.84. The van der Waals surface area contributed by atoms with Gasteiger partial charge in [0.25, 0.3) is 0 Å². The fraction of sp³-hybridized carbons (Fsp3) is 0.292. The molecule has 0 aliphatic heterocycles. The van der Waals surface area contributed by atoms with Gasteiger partial charge in [-0.05, 0) is 53.9 Å². The highest BCUT2D eigenvalue weighted by Gasteiger charge is 2.06. The maximum atomic E-state index is 12.4. The lowest BCUT2D eigenvalue weighted by atomic mass is 10.0. The van der Waals surface area contributed by atoms with E-state index >= 15 is 0 Å². The minimum Gasteiger partial charge on any atom is -0.399 e. The number of nitrogen functional groups attached to an aromatic ring is 1. The summed E-state index contributed by atoms with van der Waals surface area (Å²) in [4.78, 5) is 12.4. The van der Waals surface area contributed by atoms with Crippen LogP contribution in [0, 0.1) is 0 Å². The molecule has 0 amide bonds. The molecule has 3 rings (SSSR count). The lowest BCUT2D eigenvalue weighted by molar-refractivity contribution is 0.0979. The fourth-order valence-corrected chi connectivity index (χ4v) is 3.28. The summed E-state index contributed by atoms with van der Waals surface area (Å²) in [7, 11) is 0. The van der Waals surface area contributed by atoms with Crippen molar-refractivity contribution in [3.63, 3.8) is 0 Å². The highest BCUT2D eigenvalue weighted by molar-refractivity contribution is 5.99. The number of anilines is 2. The van der Waals surface area contributed by atoms with E-state index < -0.39 is 0 Å². The summed E-state index contributed by atoms with van der Waals surface area (Å²) in [6, 6.07) is 22.0. The Morgan fingerprint density at radius 2 is 1.48 bits per heavy atom. The Morgan fingerprint density at radius 3 is 2.30 bits per heavy atom. The zero-order valence-electron chi connectivity index (χ0n) is 15.8. The van der Waals surface area contributed by atoms with Gasteiger partial charge in [-0.1, -0.05) is 55.7 Å². The normalized spacial score (nSPS) is 10.8. The van der Waals surface area contributed by atoms with Gasteiger partial charge in [0, 0.05) is 29.9 Å². The molecule has 0 aliphatic rings. The maximum absolute atomic E-state index is 12.4. The van der Waals surface area contributed by atoms with Crippen molar-refractivity contribution < 1.29 is 4.79 Å².